The van der Waals surface area contributed by atoms with Crippen molar-refractivity contribution in [1.82, 2.24) is 10.3 Å². The molecule has 2 rings (SSSR count). The first-order chi connectivity index (χ1) is 8.73. The van der Waals surface area contributed by atoms with E-state index >= 15 is 0 Å². The second-order valence-electron chi connectivity index (χ2n) is 4.70. The van der Waals surface area contributed by atoms with E-state index in [0.29, 0.717) is 13.0 Å². The predicted octanol–water partition coefficient (Wildman–Crippen LogP) is 1.39. The van der Waals surface area contributed by atoms with E-state index in [-0.39, 0.29) is 13.2 Å². The first kappa shape index (κ1) is 13.1. The molecule has 0 amide bonds. The van der Waals surface area contributed by atoms with Crippen molar-refractivity contribution in [3.05, 3.63) is 36.0 Å². The fourth-order valence-electron chi connectivity index (χ4n) is 2.01. The lowest BCUT2D eigenvalue weighted by Gasteiger charge is -2.29. The number of H-pyrrole nitrogens is 1. The maximum absolute atomic E-state index is 9.37. The van der Waals surface area contributed by atoms with Crippen LogP contribution in [0.25, 0.3) is 10.9 Å². The zero-order valence-electron chi connectivity index (χ0n) is 10.6. The van der Waals surface area contributed by atoms with Crippen molar-refractivity contribution >= 4 is 10.9 Å². The average molecular weight is 248 g/mol. The SMILES string of the molecule is CCC(CO)(CO)NCc1ccc2[nH]ccc2c1. The van der Waals surface area contributed by atoms with Crippen LogP contribution in [0.4, 0.5) is 0 Å². The highest BCUT2D eigenvalue weighted by Crippen LogP contribution is 2.16. The Hall–Kier alpha value is -1.36. The van der Waals surface area contributed by atoms with Gasteiger partial charge in [0.05, 0.1) is 18.8 Å². The molecule has 0 unspecified atom stereocenters. The molecule has 0 aliphatic carbocycles. The molecule has 0 bridgehead atoms. The van der Waals surface area contributed by atoms with Crippen LogP contribution < -0.4 is 5.32 Å². The van der Waals surface area contributed by atoms with Crippen LogP contribution in [-0.2, 0) is 6.54 Å². The molecule has 0 fully saturated rings. The Kier molecular flexibility index (Phi) is 4.01. The van der Waals surface area contributed by atoms with Gasteiger partial charge in [-0.2, -0.15) is 0 Å². The van der Waals surface area contributed by atoms with Crippen LogP contribution in [0.15, 0.2) is 30.5 Å². The minimum atomic E-state index is -0.590. The third kappa shape index (κ3) is 2.56. The Bertz CT molecular complexity index is 495. The zero-order chi connectivity index (χ0) is 13.0. The van der Waals surface area contributed by atoms with Gasteiger partial charge in [-0.05, 0) is 35.6 Å². The zero-order valence-corrected chi connectivity index (χ0v) is 10.6. The normalized spacial score (nSPS) is 12.2. The smallest absolute Gasteiger partial charge is 0.0648 e. The number of aromatic amines is 1. The molecule has 4 nitrogen and oxygen atoms in total. The molecule has 4 N–H and O–H groups in total. The third-order valence-corrected chi connectivity index (χ3v) is 3.57. The van der Waals surface area contributed by atoms with E-state index in [1.165, 1.54) is 5.39 Å². The first-order valence-electron chi connectivity index (χ1n) is 6.26. The molecular weight excluding hydrogens is 228 g/mol. The summed E-state index contributed by atoms with van der Waals surface area (Å²) in [5.41, 5.74) is 1.67. The highest BCUT2D eigenvalue weighted by Gasteiger charge is 2.25. The van der Waals surface area contributed by atoms with Crippen molar-refractivity contribution in [2.45, 2.75) is 25.4 Å². The number of aromatic nitrogens is 1. The molecule has 0 atom stereocenters. The van der Waals surface area contributed by atoms with Crippen molar-refractivity contribution in [1.29, 1.82) is 0 Å². The summed E-state index contributed by atoms with van der Waals surface area (Å²) >= 11 is 0. The number of hydrogen-bond acceptors (Lipinski definition) is 3. The van der Waals surface area contributed by atoms with Crippen LogP contribution in [0.5, 0.6) is 0 Å². The third-order valence-electron chi connectivity index (χ3n) is 3.57. The maximum atomic E-state index is 9.37. The monoisotopic (exact) mass is 248 g/mol. The highest BCUT2D eigenvalue weighted by atomic mass is 16.3. The molecule has 0 aliphatic heterocycles. The van der Waals surface area contributed by atoms with Crippen LogP contribution in [0, 0.1) is 0 Å². The summed E-state index contributed by atoms with van der Waals surface area (Å²) in [4.78, 5) is 3.15. The molecule has 0 saturated heterocycles. The Morgan fingerprint density at radius 1 is 1.22 bits per heavy atom. The number of hydrogen-bond donors (Lipinski definition) is 4. The lowest BCUT2D eigenvalue weighted by Crippen LogP contribution is -2.50. The summed E-state index contributed by atoms with van der Waals surface area (Å²) in [6, 6.07) is 8.22. The summed E-state index contributed by atoms with van der Waals surface area (Å²) in [7, 11) is 0. The van der Waals surface area contributed by atoms with E-state index in [2.05, 4.69) is 16.4 Å². The number of nitrogens with one attached hydrogen (secondary N) is 2. The summed E-state index contributed by atoms with van der Waals surface area (Å²) in [6.45, 7) is 2.46. The van der Waals surface area contributed by atoms with Crippen LogP contribution in [-0.4, -0.2) is 33.9 Å². The second-order valence-corrected chi connectivity index (χ2v) is 4.70. The van der Waals surface area contributed by atoms with Crippen LogP contribution >= 0.6 is 0 Å². The highest BCUT2D eigenvalue weighted by molar-refractivity contribution is 5.79. The molecule has 18 heavy (non-hydrogen) atoms. The molecule has 0 spiro atoms. The van der Waals surface area contributed by atoms with E-state index < -0.39 is 5.54 Å². The standard InChI is InChI=1S/C14H20N2O2/c1-2-14(9-17,10-18)16-8-11-3-4-13-12(7-11)5-6-15-13/h3-7,15-18H,2,8-10H2,1H3. The van der Waals surface area contributed by atoms with E-state index in [4.69, 9.17) is 0 Å². The van der Waals surface area contributed by atoms with Gasteiger partial charge in [-0.25, -0.2) is 0 Å². The number of fused-ring (bicyclic) bond motifs is 1. The summed E-state index contributed by atoms with van der Waals surface area (Å²) in [5.74, 6) is 0. The molecule has 4 heteroatoms. The lowest BCUT2D eigenvalue weighted by atomic mass is 9.98. The summed E-state index contributed by atoms with van der Waals surface area (Å²) < 4.78 is 0. The van der Waals surface area contributed by atoms with Gasteiger partial charge in [0.15, 0.2) is 0 Å². The van der Waals surface area contributed by atoms with Gasteiger partial charge in [0.1, 0.15) is 0 Å². The van der Waals surface area contributed by atoms with Gasteiger partial charge in [0, 0.05) is 18.3 Å². The lowest BCUT2D eigenvalue weighted by molar-refractivity contribution is 0.0864. The van der Waals surface area contributed by atoms with Crippen LogP contribution in [0.2, 0.25) is 0 Å². The Morgan fingerprint density at radius 2 is 2.00 bits per heavy atom. The molecule has 1 aromatic carbocycles. The molecule has 0 radical (unpaired) electrons. The molecule has 0 aliphatic rings. The van der Waals surface area contributed by atoms with Crippen molar-refractivity contribution in [2.75, 3.05) is 13.2 Å². The topological polar surface area (TPSA) is 68.3 Å². The predicted molar refractivity (Wildman–Crippen MR) is 72.3 cm³/mol. The molecule has 1 aromatic heterocycles. The number of rotatable bonds is 6. The largest absolute Gasteiger partial charge is 0.394 e. The van der Waals surface area contributed by atoms with Crippen LogP contribution in [0.3, 0.4) is 0 Å². The van der Waals surface area contributed by atoms with Gasteiger partial charge in [-0.15, -0.1) is 0 Å². The van der Waals surface area contributed by atoms with E-state index in [1.54, 1.807) is 0 Å². The average Bonchev–Trinajstić information content (AvgIpc) is 2.88. The Morgan fingerprint density at radius 3 is 2.67 bits per heavy atom. The summed E-state index contributed by atoms with van der Waals surface area (Å²) in [5, 5.41) is 23.1. The molecular formula is C14H20N2O2. The van der Waals surface area contributed by atoms with Crippen molar-refractivity contribution in [2.24, 2.45) is 0 Å². The van der Waals surface area contributed by atoms with E-state index in [1.807, 2.05) is 31.3 Å². The van der Waals surface area contributed by atoms with Gasteiger partial charge >= 0.3 is 0 Å². The minimum absolute atomic E-state index is 0.0631. The Labute approximate surface area is 107 Å². The van der Waals surface area contributed by atoms with Gasteiger partial charge in [-0.1, -0.05) is 13.0 Å². The molecule has 2 aromatic rings. The van der Waals surface area contributed by atoms with Gasteiger partial charge in [0.25, 0.3) is 0 Å². The maximum Gasteiger partial charge on any atom is 0.0648 e. The number of benzene rings is 1. The number of aliphatic hydroxyl groups excluding tert-OH is 2. The van der Waals surface area contributed by atoms with Crippen molar-refractivity contribution < 1.29 is 10.2 Å². The van der Waals surface area contributed by atoms with Gasteiger partial charge in [0.2, 0.25) is 0 Å². The Balaban J connectivity index is 2.09. The molecule has 98 valence electrons. The van der Waals surface area contributed by atoms with Crippen LogP contribution in [0.1, 0.15) is 18.9 Å². The summed E-state index contributed by atoms with van der Waals surface area (Å²) in [6.07, 6.45) is 2.60. The fourth-order valence-corrected chi connectivity index (χ4v) is 2.01. The number of aliphatic hydroxyl groups is 2. The fraction of sp³-hybridized carbons (Fsp3) is 0.429. The van der Waals surface area contributed by atoms with E-state index in [0.717, 1.165) is 11.1 Å². The van der Waals surface area contributed by atoms with Crippen molar-refractivity contribution in [3.63, 3.8) is 0 Å². The first-order valence-corrected chi connectivity index (χ1v) is 6.26. The minimum Gasteiger partial charge on any atom is -0.394 e. The molecule has 1 heterocycles. The molecule has 0 saturated carbocycles. The van der Waals surface area contributed by atoms with Gasteiger partial charge < -0.3 is 20.5 Å². The van der Waals surface area contributed by atoms with E-state index in [9.17, 15) is 10.2 Å². The second kappa shape index (κ2) is 5.52. The van der Waals surface area contributed by atoms with Gasteiger partial charge in [-0.3, -0.25) is 0 Å². The quantitative estimate of drug-likeness (QED) is 0.624. The van der Waals surface area contributed by atoms with Crippen molar-refractivity contribution in [3.8, 4) is 0 Å².